The first-order valence-electron chi connectivity index (χ1n) is 11.7. The largest absolute Gasteiger partial charge is 0.508 e. The van der Waals surface area contributed by atoms with Crippen LogP contribution in [0.4, 0.5) is 5.69 Å². The lowest BCUT2D eigenvalue weighted by Crippen LogP contribution is -2.46. The average Bonchev–Trinajstić information content (AvgIpc) is 3.27. The molecule has 0 unspecified atom stereocenters. The van der Waals surface area contributed by atoms with Crippen LogP contribution in [0.25, 0.3) is 0 Å². The fourth-order valence-corrected chi connectivity index (χ4v) is 5.15. The zero-order chi connectivity index (χ0) is 25.7. The summed E-state index contributed by atoms with van der Waals surface area (Å²) in [6.07, 6.45) is 8.15. The van der Waals surface area contributed by atoms with Crippen LogP contribution in [0.2, 0.25) is 0 Å². The monoisotopic (exact) mass is 508 g/mol. The van der Waals surface area contributed by atoms with Crippen LogP contribution >= 0.6 is 11.5 Å². The Morgan fingerprint density at radius 3 is 2.47 bits per heavy atom. The Balaban J connectivity index is 1.77. The van der Waals surface area contributed by atoms with Crippen LogP contribution in [-0.2, 0) is 11.3 Å². The highest BCUT2D eigenvalue weighted by atomic mass is 32.1. The molecular formula is C25H28N6O4S. The van der Waals surface area contributed by atoms with Crippen molar-refractivity contribution in [1.82, 2.24) is 19.6 Å². The lowest BCUT2D eigenvalue weighted by molar-refractivity contribution is -0.127. The van der Waals surface area contributed by atoms with Gasteiger partial charge in [0.1, 0.15) is 16.7 Å². The lowest BCUT2D eigenvalue weighted by Gasteiger charge is -2.33. The maximum Gasteiger partial charge on any atom is 0.270 e. The number of benzene rings is 1. The average molecular weight is 509 g/mol. The van der Waals surface area contributed by atoms with E-state index in [1.165, 1.54) is 17.0 Å². The number of primary amides is 1. The molecule has 1 aliphatic rings. The summed E-state index contributed by atoms with van der Waals surface area (Å²) in [5.41, 5.74) is 12.3. The number of phenols is 1. The van der Waals surface area contributed by atoms with Gasteiger partial charge in [0.15, 0.2) is 5.69 Å². The number of nitrogens with one attached hydrogen (secondary N) is 1. The summed E-state index contributed by atoms with van der Waals surface area (Å²) in [5, 5.41) is 12.9. The molecule has 1 aliphatic carbocycles. The molecule has 0 saturated heterocycles. The third kappa shape index (κ3) is 5.62. The van der Waals surface area contributed by atoms with Gasteiger partial charge >= 0.3 is 0 Å². The number of carbonyl (C=O) groups is 3. The number of rotatable bonds is 8. The van der Waals surface area contributed by atoms with Crippen molar-refractivity contribution >= 4 is 34.9 Å². The molecule has 6 N–H and O–H groups in total. The molecule has 3 amide bonds. The van der Waals surface area contributed by atoms with Gasteiger partial charge in [-0.15, -0.1) is 0 Å². The van der Waals surface area contributed by atoms with Crippen molar-refractivity contribution in [2.45, 2.75) is 50.7 Å². The van der Waals surface area contributed by atoms with Crippen molar-refractivity contribution in [3.8, 4) is 5.75 Å². The molecule has 1 atom stereocenters. The number of carbonyl (C=O) groups excluding carboxylic acids is 3. The molecular weight excluding hydrogens is 480 g/mol. The molecule has 36 heavy (non-hydrogen) atoms. The van der Waals surface area contributed by atoms with E-state index in [4.69, 9.17) is 11.5 Å². The number of aromatic hydroxyl groups is 1. The Hall–Kier alpha value is -3.99. The summed E-state index contributed by atoms with van der Waals surface area (Å²) >= 11 is 0.760. The van der Waals surface area contributed by atoms with Gasteiger partial charge in [-0.25, -0.2) is 0 Å². The van der Waals surface area contributed by atoms with Crippen LogP contribution < -0.4 is 16.8 Å². The number of hydrogen-bond donors (Lipinski definition) is 4. The molecule has 1 fully saturated rings. The molecule has 0 radical (unpaired) electrons. The Labute approximate surface area is 212 Å². The summed E-state index contributed by atoms with van der Waals surface area (Å²) in [6.45, 7) is 0.0412. The van der Waals surface area contributed by atoms with Gasteiger partial charge in [-0.2, -0.15) is 4.37 Å². The minimum atomic E-state index is -1.04. The van der Waals surface area contributed by atoms with Gasteiger partial charge in [-0.3, -0.25) is 19.4 Å². The fourth-order valence-electron chi connectivity index (χ4n) is 4.38. The molecule has 11 heteroatoms. The van der Waals surface area contributed by atoms with Crippen molar-refractivity contribution < 1.29 is 19.5 Å². The van der Waals surface area contributed by atoms with E-state index in [1.807, 2.05) is 0 Å². The van der Waals surface area contributed by atoms with E-state index in [9.17, 15) is 19.5 Å². The number of nitrogens with two attached hydrogens (primary N) is 2. The normalized spacial score (nSPS) is 14.7. The molecule has 0 spiro atoms. The summed E-state index contributed by atoms with van der Waals surface area (Å²) in [4.78, 5) is 44.9. The fraction of sp³-hybridized carbons (Fsp3) is 0.320. The smallest absolute Gasteiger partial charge is 0.270 e. The minimum Gasteiger partial charge on any atom is -0.508 e. The number of nitrogen functional groups attached to an aromatic ring is 1. The van der Waals surface area contributed by atoms with Crippen LogP contribution in [0.1, 0.15) is 69.4 Å². The first-order chi connectivity index (χ1) is 17.3. The molecule has 10 nitrogen and oxygen atoms in total. The highest BCUT2D eigenvalue weighted by molar-refractivity contribution is 7.09. The predicted octanol–water partition coefficient (Wildman–Crippen LogP) is 2.76. The Morgan fingerprint density at radius 1 is 1.14 bits per heavy atom. The third-order valence-corrected chi connectivity index (χ3v) is 7.06. The molecule has 3 aromatic rings. The van der Waals surface area contributed by atoms with Crippen molar-refractivity contribution in [2.24, 2.45) is 5.73 Å². The number of aromatic nitrogens is 2. The van der Waals surface area contributed by atoms with Crippen LogP contribution in [0.15, 0.2) is 48.8 Å². The molecule has 188 valence electrons. The van der Waals surface area contributed by atoms with Crippen molar-refractivity contribution in [2.75, 3.05) is 5.73 Å². The van der Waals surface area contributed by atoms with Crippen LogP contribution in [0.5, 0.6) is 5.75 Å². The van der Waals surface area contributed by atoms with E-state index in [0.717, 1.165) is 43.6 Å². The van der Waals surface area contributed by atoms with Gasteiger partial charge in [-0.05, 0) is 53.7 Å². The van der Waals surface area contributed by atoms with E-state index in [2.05, 4.69) is 14.7 Å². The van der Waals surface area contributed by atoms with E-state index in [0.29, 0.717) is 11.1 Å². The van der Waals surface area contributed by atoms with Crippen molar-refractivity contribution in [1.29, 1.82) is 0 Å². The Morgan fingerprint density at radius 2 is 1.86 bits per heavy atom. The number of amides is 3. The molecule has 2 heterocycles. The first kappa shape index (κ1) is 25.1. The maximum atomic E-state index is 13.9. The van der Waals surface area contributed by atoms with Crippen LogP contribution in [0.3, 0.4) is 0 Å². The van der Waals surface area contributed by atoms with Crippen molar-refractivity contribution in [3.05, 3.63) is 70.5 Å². The van der Waals surface area contributed by atoms with E-state index in [-0.39, 0.29) is 40.5 Å². The number of anilines is 1. The van der Waals surface area contributed by atoms with Gasteiger partial charge in [0.05, 0.1) is 5.69 Å². The van der Waals surface area contributed by atoms with Gasteiger partial charge in [0, 0.05) is 25.0 Å². The Bertz CT molecular complexity index is 1230. The number of pyridine rings is 1. The highest BCUT2D eigenvalue weighted by Gasteiger charge is 2.36. The topological polar surface area (TPSA) is 165 Å². The molecule has 1 saturated carbocycles. The summed E-state index contributed by atoms with van der Waals surface area (Å²) < 4.78 is 3.96. The zero-order valence-electron chi connectivity index (χ0n) is 19.6. The quantitative estimate of drug-likeness (QED) is 0.363. The molecule has 2 aromatic heterocycles. The van der Waals surface area contributed by atoms with Gasteiger partial charge in [-0.1, -0.05) is 37.5 Å². The number of nitrogens with zero attached hydrogens (tertiary/aromatic N) is 3. The number of phenolic OH excluding ortho intramolecular Hbond substituents is 1. The van der Waals surface area contributed by atoms with Gasteiger partial charge in [0.2, 0.25) is 5.91 Å². The second-order valence-electron chi connectivity index (χ2n) is 8.77. The second-order valence-corrected chi connectivity index (χ2v) is 9.54. The summed E-state index contributed by atoms with van der Waals surface area (Å²) in [7, 11) is 0. The SMILES string of the molecule is NC(=O)c1nsc(C(=O)N(Cc2cccnc2)[C@@H](C(=O)NC2CCCCC2)c2ccc(O)cc2)c1N. The molecule has 4 rings (SSSR count). The van der Waals surface area contributed by atoms with Crippen LogP contribution in [-0.4, -0.2) is 43.1 Å². The molecule has 1 aromatic carbocycles. The summed E-state index contributed by atoms with van der Waals surface area (Å²) in [6, 6.07) is 8.65. The van der Waals surface area contributed by atoms with Gasteiger partial charge < -0.3 is 26.8 Å². The molecule has 0 bridgehead atoms. The van der Waals surface area contributed by atoms with Crippen molar-refractivity contribution in [3.63, 3.8) is 0 Å². The highest BCUT2D eigenvalue weighted by Crippen LogP contribution is 2.31. The van der Waals surface area contributed by atoms with Crippen LogP contribution in [0, 0.1) is 0 Å². The maximum absolute atomic E-state index is 13.9. The second kappa shape index (κ2) is 11.2. The van der Waals surface area contributed by atoms with E-state index < -0.39 is 17.9 Å². The third-order valence-electron chi connectivity index (χ3n) is 6.21. The zero-order valence-corrected chi connectivity index (χ0v) is 20.4. The summed E-state index contributed by atoms with van der Waals surface area (Å²) in [5.74, 6) is -1.72. The minimum absolute atomic E-state index is 0.0103. The predicted molar refractivity (Wildman–Crippen MR) is 135 cm³/mol. The van der Waals surface area contributed by atoms with Gasteiger partial charge in [0.25, 0.3) is 11.8 Å². The van der Waals surface area contributed by atoms with E-state index in [1.54, 1.807) is 36.7 Å². The lowest BCUT2D eigenvalue weighted by atomic mass is 9.94. The number of hydrogen-bond acceptors (Lipinski definition) is 8. The molecule has 0 aliphatic heterocycles. The Kier molecular flexibility index (Phi) is 7.79. The van der Waals surface area contributed by atoms with E-state index >= 15 is 0 Å². The standard InChI is InChI=1S/C25H28N6O4S/c26-19-20(23(27)33)30-36-22(19)25(35)31(14-15-5-4-12-28-13-15)21(16-8-10-18(32)11-9-16)24(34)29-17-6-2-1-3-7-17/h4-5,8-13,17,21,32H,1-3,6-7,14,26H2,(H2,27,33)(H,29,34)/t21-/m1/s1. The first-order valence-corrected chi connectivity index (χ1v) is 12.5.